The topological polar surface area (TPSA) is 38.0 Å². The van der Waals surface area contributed by atoms with Gasteiger partial charge in [0, 0.05) is 18.7 Å². The Bertz CT molecular complexity index is 302. The molecule has 0 amide bonds. The van der Waals surface area contributed by atoms with Gasteiger partial charge < -0.3 is 11.1 Å². The zero-order valence-electron chi connectivity index (χ0n) is 7.43. The van der Waals surface area contributed by atoms with Gasteiger partial charge in [-0.2, -0.15) is 0 Å². The van der Waals surface area contributed by atoms with Crippen molar-refractivity contribution in [2.45, 2.75) is 6.43 Å². The Hall–Kier alpha value is -1.23. The van der Waals surface area contributed by atoms with Crippen LogP contribution in [-0.4, -0.2) is 13.1 Å². The summed E-state index contributed by atoms with van der Waals surface area (Å²) in [5.41, 5.74) is 5.08. The fraction of sp³-hybridized carbons (Fsp3) is 0.333. The number of halogens is 3. The summed E-state index contributed by atoms with van der Waals surface area (Å²) in [6.07, 6.45) is -2.65. The first-order valence-electron chi connectivity index (χ1n) is 4.16. The molecule has 0 spiro atoms. The maximum Gasteiger partial charge on any atom is 0.263 e. The highest BCUT2D eigenvalue weighted by molar-refractivity contribution is 5.46. The van der Waals surface area contributed by atoms with E-state index < -0.39 is 12.2 Å². The third-order valence-electron chi connectivity index (χ3n) is 1.70. The van der Waals surface area contributed by atoms with Crippen LogP contribution in [0.1, 0.15) is 12.0 Å². The lowest BCUT2D eigenvalue weighted by Crippen LogP contribution is -2.13. The molecular formula is C9H11F3N2. The van der Waals surface area contributed by atoms with E-state index in [0.717, 1.165) is 6.07 Å². The van der Waals surface area contributed by atoms with E-state index in [1.165, 1.54) is 12.1 Å². The lowest BCUT2D eigenvalue weighted by Gasteiger charge is -2.07. The molecule has 1 rings (SSSR count). The van der Waals surface area contributed by atoms with Crippen LogP contribution in [0.4, 0.5) is 18.9 Å². The van der Waals surface area contributed by atoms with Crippen LogP contribution in [0.2, 0.25) is 0 Å². The Morgan fingerprint density at radius 2 is 2.07 bits per heavy atom. The molecule has 0 heterocycles. The van der Waals surface area contributed by atoms with Gasteiger partial charge >= 0.3 is 0 Å². The first kappa shape index (κ1) is 10.8. The van der Waals surface area contributed by atoms with E-state index in [4.69, 9.17) is 5.73 Å². The number of anilines is 1. The van der Waals surface area contributed by atoms with Gasteiger partial charge in [-0.25, -0.2) is 13.2 Å². The van der Waals surface area contributed by atoms with Gasteiger partial charge in [-0.15, -0.1) is 0 Å². The second kappa shape index (κ2) is 4.85. The Morgan fingerprint density at radius 1 is 1.36 bits per heavy atom. The maximum atomic E-state index is 13.1. The van der Waals surface area contributed by atoms with E-state index in [-0.39, 0.29) is 11.3 Å². The molecule has 14 heavy (non-hydrogen) atoms. The van der Waals surface area contributed by atoms with Crippen molar-refractivity contribution in [3.8, 4) is 0 Å². The summed E-state index contributed by atoms with van der Waals surface area (Å²) in [6.45, 7) is 0.765. The van der Waals surface area contributed by atoms with Crippen molar-refractivity contribution in [3.05, 3.63) is 29.6 Å². The minimum Gasteiger partial charge on any atom is -0.381 e. The van der Waals surface area contributed by atoms with Crippen molar-refractivity contribution in [1.29, 1.82) is 0 Å². The fourth-order valence-electron chi connectivity index (χ4n) is 1.02. The quantitative estimate of drug-likeness (QED) is 0.788. The first-order valence-corrected chi connectivity index (χ1v) is 4.16. The molecule has 0 unspecified atom stereocenters. The number of nitrogens with one attached hydrogen (secondary N) is 1. The van der Waals surface area contributed by atoms with Gasteiger partial charge in [0.05, 0.1) is 5.69 Å². The predicted octanol–water partition coefficient (Wildman–Crippen LogP) is 2.13. The van der Waals surface area contributed by atoms with Crippen molar-refractivity contribution in [1.82, 2.24) is 0 Å². The number of alkyl halides is 2. The molecule has 1 aromatic rings. The second-order valence-corrected chi connectivity index (χ2v) is 2.76. The zero-order chi connectivity index (χ0) is 10.6. The predicted molar refractivity (Wildman–Crippen MR) is 48.9 cm³/mol. The Balaban J connectivity index is 2.79. The SMILES string of the molecule is NCCNc1ccc(C(F)F)cc1F. The van der Waals surface area contributed by atoms with E-state index in [1.807, 2.05) is 0 Å². The van der Waals surface area contributed by atoms with Crippen LogP contribution in [0.3, 0.4) is 0 Å². The summed E-state index contributed by atoms with van der Waals surface area (Å²) in [5.74, 6) is -0.684. The monoisotopic (exact) mass is 204 g/mol. The molecule has 0 saturated carbocycles. The van der Waals surface area contributed by atoms with Crippen molar-refractivity contribution >= 4 is 5.69 Å². The fourth-order valence-corrected chi connectivity index (χ4v) is 1.02. The van der Waals surface area contributed by atoms with Crippen LogP contribution in [-0.2, 0) is 0 Å². The minimum absolute atomic E-state index is 0.194. The Kier molecular flexibility index (Phi) is 3.76. The molecule has 0 aliphatic rings. The van der Waals surface area contributed by atoms with Gasteiger partial charge in [-0.3, -0.25) is 0 Å². The number of nitrogens with two attached hydrogens (primary N) is 1. The van der Waals surface area contributed by atoms with E-state index in [9.17, 15) is 13.2 Å². The Morgan fingerprint density at radius 3 is 2.57 bits per heavy atom. The third-order valence-corrected chi connectivity index (χ3v) is 1.70. The second-order valence-electron chi connectivity index (χ2n) is 2.76. The van der Waals surface area contributed by atoms with Gasteiger partial charge in [0.1, 0.15) is 5.82 Å². The van der Waals surface area contributed by atoms with Crippen LogP contribution in [0.25, 0.3) is 0 Å². The highest BCUT2D eigenvalue weighted by atomic mass is 19.3. The van der Waals surface area contributed by atoms with Gasteiger partial charge in [0.25, 0.3) is 6.43 Å². The highest BCUT2D eigenvalue weighted by Gasteiger charge is 2.09. The molecule has 2 nitrogen and oxygen atoms in total. The van der Waals surface area contributed by atoms with E-state index in [1.54, 1.807) is 0 Å². The van der Waals surface area contributed by atoms with E-state index in [2.05, 4.69) is 5.32 Å². The van der Waals surface area contributed by atoms with Crippen LogP contribution < -0.4 is 11.1 Å². The molecule has 78 valence electrons. The lowest BCUT2D eigenvalue weighted by atomic mass is 10.2. The largest absolute Gasteiger partial charge is 0.381 e. The molecule has 0 aliphatic carbocycles. The van der Waals surface area contributed by atoms with Crippen molar-refractivity contribution in [2.75, 3.05) is 18.4 Å². The first-order chi connectivity index (χ1) is 6.65. The lowest BCUT2D eigenvalue weighted by molar-refractivity contribution is 0.151. The summed E-state index contributed by atoms with van der Waals surface area (Å²) in [4.78, 5) is 0. The molecule has 0 radical (unpaired) electrons. The van der Waals surface area contributed by atoms with E-state index in [0.29, 0.717) is 13.1 Å². The van der Waals surface area contributed by atoms with E-state index >= 15 is 0 Å². The molecule has 3 N–H and O–H groups in total. The van der Waals surface area contributed by atoms with Crippen molar-refractivity contribution in [3.63, 3.8) is 0 Å². The van der Waals surface area contributed by atoms with Gasteiger partial charge in [0.15, 0.2) is 0 Å². The molecule has 0 bridgehead atoms. The average molecular weight is 204 g/mol. The summed E-state index contributed by atoms with van der Waals surface area (Å²) in [7, 11) is 0. The van der Waals surface area contributed by atoms with Gasteiger partial charge in [-0.1, -0.05) is 6.07 Å². The van der Waals surface area contributed by atoms with Crippen LogP contribution >= 0.6 is 0 Å². The maximum absolute atomic E-state index is 13.1. The molecule has 0 atom stereocenters. The van der Waals surface area contributed by atoms with Crippen molar-refractivity contribution in [2.24, 2.45) is 5.73 Å². The number of rotatable bonds is 4. The molecular weight excluding hydrogens is 193 g/mol. The number of benzene rings is 1. The number of hydrogen-bond acceptors (Lipinski definition) is 2. The summed E-state index contributed by atoms with van der Waals surface area (Å²) in [5, 5.41) is 2.68. The normalized spacial score (nSPS) is 10.6. The van der Waals surface area contributed by atoms with Crippen LogP contribution in [0, 0.1) is 5.82 Å². The van der Waals surface area contributed by atoms with Gasteiger partial charge in [0.2, 0.25) is 0 Å². The summed E-state index contributed by atoms with van der Waals surface area (Å²) >= 11 is 0. The summed E-state index contributed by atoms with van der Waals surface area (Å²) < 4.78 is 37.3. The van der Waals surface area contributed by atoms with Crippen molar-refractivity contribution < 1.29 is 13.2 Å². The summed E-state index contributed by atoms with van der Waals surface area (Å²) in [6, 6.07) is 3.29. The zero-order valence-corrected chi connectivity index (χ0v) is 7.43. The smallest absolute Gasteiger partial charge is 0.263 e. The average Bonchev–Trinajstić information content (AvgIpc) is 2.15. The highest BCUT2D eigenvalue weighted by Crippen LogP contribution is 2.23. The molecule has 0 fully saturated rings. The molecule has 5 heteroatoms. The molecule has 0 aliphatic heterocycles. The third kappa shape index (κ3) is 2.63. The minimum atomic E-state index is -2.65. The Labute approximate surface area is 79.9 Å². The molecule has 1 aromatic carbocycles. The van der Waals surface area contributed by atoms with Crippen LogP contribution in [0.5, 0.6) is 0 Å². The molecule has 0 saturated heterocycles. The molecule has 0 aromatic heterocycles. The number of hydrogen-bond donors (Lipinski definition) is 2. The van der Waals surface area contributed by atoms with Gasteiger partial charge in [-0.05, 0) is 12.1 Å². The standard InChI is InChI=1S/C9H11F3N2/c10-7-5-6(9(11)12)1-2-8(7)14-4-3-13/h1-2,5,9,14H,3-4,13H2. The van der Waals surface area contributed by atoms with Crippen LogP contribution in [0.15, 0.2) is 18.2 Å².